The summed E-state index contributed by atoms with van der Waals surface area (Å²) in [6.07, 6.45) is 0. The normalized spacial score (nSPS) is 10.6. The Kier molecular flexibility index (Phi) is 3.36. The van der Waals surface area contributed by atoms with Gasteiger partial charge in [-0.2, -0.15) is 0 Å². The van der Waals surface area contributed by atoms with Crippen molar-refractivity contribution in [3.8, 4) is 0 Å². The van der Waals surface area contributed by atoms with Crippen LogP contribution < -0.4 is 0 Å². The summed E-state index contributed by atoms with van der Waals surface area (Å²) in [6.45, 7) is 5.91. The Hall–Kier alpha value is -1.12. The zero-order valence-corrected chi connectivity index (χ0v) is 11.6. The molecular weight excluding hydrogens is 252 g/mol. The standard InChI is InChI=1S/C14H13ClOS/c1-8-4-9(2)6-11(5-8)13(16)12-7-10(3)14(15)17-12/h4-7H,1-3H3. The van der Waals surface area contributed by atoms with E-state index in [9.17, 15) is 4.79 Å². The van der Waals surface area contributed by atoms with Gasteiger partial charge in [0, 0.05) is 5.56 Å². The van der Waals surface area contributed by atoms with Crippen LogP contribution in [0.1, 0.15) is 31.9 Å². The van der Waals surface area contributed by atoms with Crippen LogP contribution in [0, 0.1) is 20.8 Å². The number of halogens is 1. The first-order valence-electron chi connectivity index (χ1n) is 5.36. The Morgan fingerprint density at radius 3 is 2.12 bits per heavy atom. The molecule has 0 amide bonds. The Morgan fingerprint density at radius 2 is 1.65 bits per heavy atom. The van der Waals surface area contributed by atoms with Crippen LogP contribution in [-0.4, -0.2) is 5.78 Å². The second-order valence-corrected chi connectivity index (χ2v) is 5.93. The largest absolute Gasteiger partial charge is 0.288 e. The first kappa shape index (κ1) is 12.3. The fraction of sp³-hybridized carbons (Fsp3) is 0.214. The zero-order valence-electron chi connectivity index (χ0n) is 10.0. The Bertz CT molecular complexity index is 544. The van der Waals surface area contributed by atoms with Crippen LogP contribution in [0.2, 0.25) is 4.34 Å². The molecule has 0 bridgehead atoms. The first-order chi connectivity index (χ1) is 7.97. The van der Waals surface area contributed by atoms with E-state index in [1.807, 2.05) is 39.0 Å². The lowest BCUT2D eigenvalue weighted by Crippen LogP contribution is -1.99. The fourth-order valence-electron chi connectivity index (χ4n) is 1.82. The van der Waals surface area contributed by atoms with Gasteiger partial charge in [-0.05, 0) is 44.5 Å². The molecule has 3 heteroatoms. The van der Waals surface area contributed by atoms with Crippen molar-refractivity contribution in [2.24, 2.45) is 0 Å². The highest BCUT2D eigenvalue weighted by molar-refractivity contribution is 7.18. The van der Waals surface area contributed by atoms with Gasteiger partial charge < -0.3 is 0 Å². The quantitative estimate of drug-likeness (QED) is 0.727. The van der Waals surface area contributed by atoms with E-state index in [0.29, 0.717) is 9.21 Å². The number of hydrogen-bond donors (Lipinski definition) is 0. The van der Waals surface area contributed by atoms with Gasteiger partial charge in [0.1, 0.15) is 0 Å². The molecule has 0 unspecified atom stereocenters. The van der Waals surface area contributed by atoms with Crippen LogP contribution in [0.4, 0.5) is 0 Å². The van der Waals surface area contributed by atoms with Gasteiger partial charge in [-0.15, -0.1) is 11.3 Å². The van der Waals surface area contributed by atoms with Gasteiger partial charge in [-0.3, -0.25) is 4.79 Å². The maximum absolute atomic E-state index is 12.3. The molecule has 0 aliphatic rings. The minimum atomic E-state index is 0.0526. The van der Waals surface area contributed by atoms with Crippen LogP contribution in [0.5, 0.6) is 0 Å². The molecule has 0 fully saturated rings. The molecule has 1 aromatic carbocycles. The molecule has 2 aromatic rings. The van der Waals surface area contributed by atoms with Crippen LogP contribution >= 0.6 is 22.9 Å². The highest BCUT2D eigenvalue weighted by Crippen LogP contribution is 2.28. The van der Waals surface area contributed by atoms with Crippen molar-refractivity contribution < 1.29 is 4.79 Å². The minimum absolute atomic E-state index is 0.0526. The van der Waals surface area contributed by atoms with Crippen molar-refractivity contribution in [1.29, 1.82) is 0 Å². The van der Waals surface area contributed by atoms with Crippen LogP contribution in [0.3, 0.4) is 0 Å². The molecular formula is C14H13ClOS. The smallest absolute Gasteiger partial charge is 0.203 e. The van der Waals surface area contributed by atoms with Crippen molar-refractivity contribution in [2.75, 3.05) is 0 Å². The number of thiophene rings is 1. The predicted octanol–water partition coefficient (Wildman–Crippen LogP) is 4.56. The van der Waals surface area contributed by atoms with E-state index in [0.717, 1.165) is 22.3 Å². The SMILES string of the molecule is Cc1cc(C)cc(C(=O)c2cc(C)c(Cl)s2)c1. The Labute approximate surface area is 110 Å². The average Bonchev–Trinajstić information content (AvgIpc) is 2.57. The first-order valence-corrected chi connectivity index (χ1v) is 6.56. The summed E-state index contributed by atoms with van der Waals surface area (Å²) in [4.78, 5) is 13.0. The summed E-state index contributed by atoms with van der Waals surface area (Å²) in [5.41, 5.74) is 3.91. The molecule has 17 heavy (non-hydrogen) atoms. The van der Waals surface area contributed by atoms with E-state index in [-0.39, 0.29) is 5.78 Å². The molecule has 0 N–H and O–H groups in total. The van der Waals surface area contributed by atoms with E-state index >= 15 is 0 Å². The molecule has 0 saturated carbocycles. The number of rotatable bonds is 2. The third kappa shape index (κ3) is 2.59. The highest BCUT2D eigenvalue weighted by atomic mass is 35.5. The van der Waals surface area contributed by atoms with Gasteiger partial charge in [-0.1, -0.05) is 28.8 Å². The Balaban J connectivity index is 2.43. The maximum atomic E-state index is 12.3. The predicted molar refractivity (Wildman–Crippen MR) is 73.4 cm³/mol. The van der Waals surface area contributed by atoms with E-state index in [4.69, 9.17) is 11.6 Å². The van der Waals surface area contributed by atoms with E-state index in [1.54, 1.807) is 0 Å². The molecule has 1 aromatic heterocycles. The maximum Gasteiger partial charge on any atom is 0.203 e. The highest BCUT2D eigenvalue weighted by Gasteiger charge is 2.14. The van der Waals surface area contributed by atoms with Crippen molar-refractivity contribution in [2.45, 2.75) is 20.8 Å². The number of ketones is 1. The van der Waals surface area contributed by atoms with Crippen LogP contribution in [0.25, 0.3) is 0 Å². The summed E-state index contributed by atoms with van der Waals surface area (Å²) < 4.78 is 0.692. The minimum Gasteiger partial charge on any atom is -0.288 e. The molecule has 1 heterocycles. The average molecular weight is 265 g/mol. The van der Waals surface area contributed by atoms with E-state index in [2.05, 4.69) is 6.07 Å². The molecule has 0 aliphatic carbocycles. The van der Waals surface area contributed by atoms with E-state index in [1.165, 1.54) is 11.3 Å². The van der Waals surface area contributed by atoms with Crippen molar-refractivity contribution >= 4 is 28.7 Å². The summed E-state index contributed by atoms with van der Waals surface area (Å²) in [6, 6.07) is 7.74. The van der Waals surface area contributed by atoms with Crippen molar-refractivity contribution in [3.05, 3.63) is 55.7 Å². The molecule has 0 atom stereocenters. The summed E-state index contributed by atoms with van der Waals surface area (Å²) in [5, 5.41) is 0. The molecule has 0 saturated heterocycles. The summed E-state index contributed by atoms with van der Waals surface area (Å²) in [7, 11) is 0. The van der Waals surface area contributed by atoms with Gasteiger partial charge in [0.15, 0.2) is 0 Å². The van der Waals surface area contributed by atoms with Crippen molar-refractivity contribution in [1.82, 2.24) is 0 Å². The molecule has 0 radical (unpaired) electrons. The number of benzene rings is 1. The van der Waals surface area contributed by atoms with Crippen LogP contribution in [-0.2, 0) is 0 Å². The zero-order chi connectivity index (χ0) is 12.6. The van der Waals surface area contributed by atoms with Gasteiger partial charge in [0.25, 0.3) is 0 Å². The lowest BCUT2D eigenvalue weighted by molar-refractivity contribution is 0.104. The fourth-order valence-corrected chi connectivity index (χ4v) is 2.98. The van der Waals surface area contributed by atoms with Gasteiger partial charge in [0.05, 0.1) is 9.21 Å². The second kappa shape index (κ2) is 4.63. The van der Waals surface area contributed by atoms with Crippen LogP contribution in [0.15, 0.2) is 24.3 Å². The summed E-state index contributed by atoms with van der Waals surface area (Å²) in [5.74, 6) is 0.0526. The number of hydrogen-bond acceptors (Lipinski definition) is 2. The number of carbonyl (C=O) groups is 1. The third-order valence-corrected chi connectivity index (χ3v) is 4.12. The second-order valence-electron chi connectivity index (χ2n) is 4.27. The molecule has 88 valence electrons. The third-order valence-electron chi connectivity index (χ3n) is 2.56. The van der Waals surface area contributed by atoms with Gasteiger partial charge >= 0.3 is 0 Å². The molecule has 0 aliphatic heterocycles. The van der Waals surface area contributed by atoms with E-state index < -0.39 is 0 Å². The molecule has 2 rings (SSSR count). The monoisotopic (exact) mass is 264 g/mol. The Morgan fingerprint density at radius 1 is 1.06 bits per heavy atom. The topological polar surface area (TPSA) is 17.1 Å². The molecule has 0 spiro atoms. The van der Waals surface area contributed by atoms with Crippen molar-refractivity contribution in [3.63, 3.8) is 0 Å². The summed E-state index contributed by atoms with van der Waals surface area (Å²) >= 11 is 7.33. The number of aryl methyl sites for hydroxylation is 3. The van der Waals surface area contributed by atoms with Gasteiger partial charge in [0.2, 0.25) is 5.78 Å². The lowest BCUT2D eigenvalue weighted by Gasteiger charge is -2.02. The van der Waals surface area contributed by atoms with Gasteiger partial charge in [-0.25, -0.2) is 0 Å². The molecule has 1 nitrogen and oxygen atoms in total. The number of carbonyl (C=O) groups excluding carboxylic acids is 1. The lowest BCUT2D eigenvalue weighted by atomic mass is 10.0.